The first-order valence-corrected chi connectivity index (χ1v) is 5.92. The average Bonchev–Trinajstić information content (AvgIpc) is 2.36. The Morgan fingerprint density at radius 3 is 2.88 bits per heavy atom. The summed E-state index contributed by atoms with van der Waals surface area (Å²) in [5.41, 5.74) is 2.07. The molecule has 1 aliphatic rings. The molecule has 0 unspecified atom stereocenters. The number of carbonyl (C=O) groups excluding carboxylic acids is 1. The molecule has 0 bridgehead atoms. The summed E-state index contributed by atoms with van der Waals surface area (Å²) >= 11 is 0. The Labute approximate surface area is 100 Å². The van der Waals surface area contributed by atoms with Gasteiger partial charge in [0.05, 0.1) is 7.11 Å². The van der Waals surface area contributed by atoms with Crippen LogP contribution in [0.5, 0.6) is 5.75 Å². The van der Waals surface area contributed by atoms with Crippen molar-refractivity contribution in [3.8, 4) is 5.75 Å². The van der Waals surface area contributed by atoms with Crippen molar-refractivity contribution in [2.75, 3.05) is 7.11 Å². The second-order valence-corrected chi connectivity index (χ2v) is 4.47. The first-order chi connectivity index (χ1) is 8.29. The van der Waals surface area contributed by atoms with Crippen molar-refractivity contribution < 1.29 is 9.53 Å². The third-order valence-corrected chi connectivity index (χ3v) is 3.43. The van der Waals surface area contributed by atoms with Crippen LogP contribution in [0.4, 0.5) is 0 Å². The molecule has 2 nitrogen and oxygen atoms in total. The smallest absolute Gasteiger partial charge is 0.163 e. The van der Waals surface area contributed by atoms with Crippen LogP contribution < -0.4 is 4.74 Å². The predicted octanol–water partition coefficient (Wildman–Crippen LogP) is 3.37. The minimum Gasteiger partial charge on any atom is -0.496 e. The number of methoxy groups -OCH3 is 1. The standard InChI is InChI=1S/C15H14O2/c1-17-15-7-3-5-11-8-12-10(9-13(11)15)4-2-6-14(12)16/h3,5,7-9H,2,4,6H2,1H3. The lowest BCUT2D eigenvalue weighted by molar-refractivity contribution is 0.0972. The molecule has 2 aromatic rings. The summed E-state index contributed by atoms with van der Waals surface area (Å²) in [6.07, 6.45) is 2.64. The Morgan fingerprint density at radius 1 is 1.18 bits per heavy atom. The molecule has 3 rings (SSSR count). The number of fused-ring (bicyclic) bond motifs is 2. The Bertz CT molecular complexity index is 599. The maximum absolute atomic E-state index is 11.9. The van der Waals surface area contributed by atoms with E-state index in [1.165, 1.54) is 5.56 Å². The molecule has 0 amide bonds. The van der Waals surface area contributed by atoms with Crippen LogP contribution in [0.2, 0.25) is 0 Å². The number of ketones is 1. The number of Topliss-reactive ketones (excluding diaryl/α,β-unsaturated/α-hetero) is 1. The van der Waals surface area contributed by atoms with Crippen LogP contribution in [0, 0.1) is 0 Å². The molecule has 0 N–H and O–H groups in total. The number of rotatable bonds is 1. The topological polar surface area (TPSA) is 26.3 Å². The van der Waals surface area contributed by atoms with E-state index < -0.39 is 0 Å². The van der Waals surface area contributed by atoms with Gasteiger partial charge in [0.15, 0.2) is 5.78 Å². The molecule has 0 saturated carbocycles. The molecule has 0 heterocycles. The molecule has 2 aromatic carbocycles. The van der Waals surface area contributed by atoms with E-state index in [-0.39, 0.29) is 5.78 Å². The van der Waals surface area contributed by atoms with E-state index in [0.717, 1.165) is 34.9 Å². The van der Waals surface area contributed by atoms with E-state index in [0.29, 0.717) is 6.42 Å². The van der Waals surface area contributed by atoms with Gasteiger partial charge >= 0.3 is 0 Å². The van der Waals surface area contributed by atoms with Crippen LogP contribution in [-0.2, 0) is 6.42 Å². The highest BCUT2D eigenvalue weighted by atomic mass is 16.5. The van der Waals surface area contributed by atoms with Crippen LogP contribution >= 0.6 is 0 Å². The summed E-state index contributed by atoms with van der Waals surface area (Å²) < 4.78 is 5.36. The van der Waals surface area contributed by atoms with Crippen LogP contribution in [0.3, 0.4) is 0 Å². The van der Waals surface area contributed by atoms with Crippen molar-refractivity contribution >= 4 is 16.6 Å². The van der Waals surface area contributed by atoms with Gasteiger partial charge in [0.2, 0.25) is 0 Å². The molecule has 0 aromatic heterocycles. The van der Waals surface area contributed by atoms with Crippen LogP contribution in [0.15, 0.2) is 30.3 Å². The van der Waals surface area contributed by atoms with Gasteiger partial charge in [-0.2, -0.15) is 0 Å². The maximum Gasteiger partial charge on any atom is 0.163 e. The molecular weight excluding hydrogens is 212 g/mol. The van der Waals surface area contributed by atoms with Gasteiger partial charge in [-0.15, -0.1) is 0 Å². The second kappa shape index (κ2) is 3.88. The minimum atomic E-state index is 0.274. The Kier molecular flexibility index (Phi) is 2.36. The van der Waals surface area contributed by atoms with Gasteiger partial charge in [-0.05, 0) is 42.0 Å². The maximum atomic E-state index is 11.9. The highest BCUT2D eigenvalue weighted by Crippen LogP contribution is 2.31. The van der Waals surface area contributed by atoms with Crippen molar-refractivity contribution in [2.45, 2.75) is 19.3 Å². The first kappa shape index (κ1) is 10.3. The summed E-state index contributed by atoms with van der Waals surface area (Å²) in [6.45, 7) is 0. The van der Waals surface area contributed by atoms with Gasteiger partial charge < -0.3 is 4.74 Å². The third kappa shape index (κ3) is 1.60. The minimum absolute atomic E-state index is 0.274. The Morgan fingerprint density at radius 2 is 2.06 bits per heavy atom. The molecule has 0 aliphatic heterocycles. The third-order valence-electron chi connectivity index (χ3n) is 3.43. The summed E-state index contributed by atoms with van der Waals surface area (Å²) in [5, 5.41) is 2.18. The summed E-state index contributed by atoms with van der Waals surface area (Å²) in [7, 11) is 1.68. The number of hydrogen-bond acceptors (Lipinski definition) is 2. The van der Waals surface area contributed by atoms with E-state index in [4.69, 9.17) is 4.74 Å². The molecule has 2 heteroatoms. The van der Waals surface area contributed by atoms with Crippen molar-refractivity contribution in [2.24, 2.45) is 0 Å². The van der Waals surface area contributed by atoms with Gasteiger partial charge in [-0.1, -0.05) is 12.1 Å². The van der Waals surface area contributed by atoms with E-state index in [9.17, 15) is 4.79 Å². The summed E-state index contributed by atoms with van der Waals surface area (Å²) in [4.78, 5) is 11.9. The molecule has 0 spiro atoms. The van der Waals surface area contributed by atoms with Gasteiger partial charge in [0.25, 0.3) is 0 Å². The predicted molar refractivity (Wildman–Crippen MR) is 67.8 cm³/mol. The average molecular weight is 226 g/mol. The zero-order valence-corrected chi connectivity index (χ0v) is 9.82. The lowest BCUT2D eigenvalue weighted by Gasteiger charge is -2.16. The fourth-order valence-corrected chi connectivity index (χ4v) is 2.56. The molecule has 0 fully saturated rings. The zero-order chi connectivity index (χ0) is 11.8. The molecule has 0 atom stereocenters. The summed E-state index contributed by atoms with van der Waals surface area (Å²) in [5.74, 6) is 1.15. The van der Waals surface area contributed by atoms with E-state index in [2.05, 4.69) is 6.07 Å². The SMILES string of the molecule is COc1cccc2cc3c(cc12)CCCC3=O. The molecule has 0 radical (unpaired) electrons. The highest BCUT2D eigenvalue weighted by molar-refractivity contribution is 6.03. The van der Waals surface area contributed by atoms with E-state index in [1.54, 1.807) is 7.11 Å². The van der Waals surface area contributed by atoms with Crippen LogP contribution in [0.1, 0.15) is 28.8 Å². The monoisotopic (exact) mass is 226 g/mol. The van der Waals surface area contributed by atoms with Crippen molar-refractivity contribution in [1.82, 2.24) is 0 Å². The van der Waals surface area contributed by atoms with Crippen molar-refractivity contribution in [3.63, 3.8) is 0 Å². The first-order valence-electron chi connectivity index (χ1n) is 5.92. The number of ether oxygens (including phenoxy) is 1. The van der Waals surface area contributed by atoms with E-state index in [1.807, 2.05) is 24.3 Å². The van der Waals surface area contributed by atoms with Gasteiger partial charge in [0.1, 0.15) is 5.75 Å². The van der Waals surface area contributed by atoms with Gasteiger partial charge in [-0.25, -0.2) is 0 Å². The lowest BCUT2D eigenvalue weighted by atomic mass is 9.88. The van der Waals surface area contributed by atoms with Gasteiger partial charge in [-0.3, -0.25) is 4.79 Å². The normalized spacial score (nSPS) is 14.8. The number of hydrogen-bond donors (Lipinski definition) is 0. The summed E-state index contributed by atoms with van der Waals surface area (Å²) in [6, 6.07) is 10.1. The zero-order valence-electron chi connectivity index (χ0n) is 9.82. The quantitative estimate of drug-likeness (QED) is 0.745. The van der Waals surface area contributed by atoms with Crippen molar-refractivity contribution in [3.05, 3.63) is 41.5 Å². The number of aryl methyl sites for hydroxylation is 1. The highest BCUT2D eigenvalue weighted by Gasteiger charge is 2.18. The fraction of sp³-hybridized carbons (Fsp3) is 0.267. The molecule has 86 valence electrons. The lowest BCUT2D eigenvalue weighted by Crippen LogP contribution is -2.10. The fourth-order valence-electron chi connectivity index (χ4n) is 2.56. The molecule has 0 saturated heterocycles. The van der Waals surface area contributed by atoms with Gasteiger partial charge in [0, 0.05) is 17.4 Å². The van der Waals surface area contributed by atoms with Crippen LogP contribution in [0.25, 0.3) is 10.8 Å². The largest absolute Gasteiger partial charge is 0.496 e. The van der Waals surface area contributed by atoms with E-state index >= 15 is 0 Å². The van der Waals surface area contributed by atoms with Crippen molar-refractivity contribution in [1.29, 1.82) is 0 Å². The number of benzene rings is 2. The second-order valence-electron chi connectivity index (χ2n) is 4.47. The molecular formula is C15H14O2. The number of carbonyl (C=O) groups is 1. The Hall–Kier alpha value is -1.83. The van der Waals surface area contributed by atoms with Crippen LogP contribution in [-0.4, -0.2) is 12.9 Å². The molecule has 1 aliphatic carbocycles. The molecule has 17 heavy (non-hydrogen) atoms. The Balaban J connectivity index is 2.31.